The number of hydrogen-bond donors (Lipinski definition) is 1. The topological polar surface area (TPSA) is 49.8 Å². The van der Waals surface area contributed by atoms with Crippen molar-refractivity contribution in [3.05, 3.63) is 29.6 Å². The second-order valence-electron chi connectivity index (χ2n) is 5.79. The van der Waals surface area contributed by atoms with Crippen LogP contribution < -0.4 is 4.90 Å². The van der Waals surface area contributed by atoms with Crippen molar-refractivity contribution in [2.24, 2.45) is 0 Å². The van der Waals surface area contributed by atoms with Crippen LogP contribution in [0.4, 0.5) is 10.1 Å². The zero-order valence-electron chi connectivity index (χ0n) is 12.0. The van der Waals surface area contributed by atoms with Crippen LogP contribution in [0.2, 0.25) is 0 Å². The normalized spacial score (nSPS) is 21.9. The van der Waals surface area contributed by atoms with Crippen molar-refractivity contribution in [3.8, 4) is 0 Å². The van der Waals surface area contributed by atoms with Crippen LogP contribution in [0.1, 0.15) is 31.1 Å². The van der Waals surface area contributed by atoms with E-state index in [4.69, 9.17) is 4.74 Å². The number of aliphatic hydroxyl groups excluding tert-OH is 1. The molecule has 0 saturated carbocycles. The summed E-state index contributed by atoms with van der Waals surface area (Å²) in [5.74, 6) is -0.585. The number of Topliss-reactive ketones (excluding diaryl/α,β-unsaturated/α-hetero) is 1. The zero-order valence-corrected chi connectivity index (χ0v) is 12.0. The number of nitrogens with zero attached hydrogens (tertiary/aromatic N) is 1. The molecule has 1 heterocycles. The smallest absolute Gasteiger partial charge is 0.159 e. The van der Waals surface area contributed by atoms with Crippen LogP contribution in [0.5, 0.6) is 0 Å². The van der Waals surface area contributed by atoms with Gasteiger partial charge in [0.1, 0.15) is 5.82 Å². The highest BCUT2D eigenvalue weighted by Crippen LogP contribution is 2.28. The average molecular weight is 281 g/mol. The molecule has 0 spiro atoms. The highest BCUT2D eigenvalue weighted by molar-refractivity contribution is 5.94. The van der Waals surface area contributed by atoms with E-state index in [-0.39, 0.29) is 18.5 Å². The molecule has 5 heteroatoms. The van der Waals surface area contributed by atoms with Crippen LogP contribution in [0, 0.1) is 5.82 Å². The third-order valence-electron chi connectivity index (χ3n) is 3.38. The minimum Gasteiger partial charge on any atom is -0.394 e. The molecule has 0 radical (unpaired) electrons. The molecule has 0 aliphatic carbocycles. The monoisotopic (exact) mass is 281 g/mol. The lowest BCUT2D eigenvalue weighted by molar-refractivity contribution is -0.101. The number of rotatable bonds is 3. The van der Waals surface area contributed by atoms with Gasteiger partial charge in [0, 0.05) is 18.7 Å². The lowest BCUT2D eigenvalue weighted by atomic mass is 10.0. The summed E-state index contributed by atoms with van der Waals surface area (Å²) in [6.45, 7) is 6.07. The van der Waals surface area contributed by atoms with E-state index < -0.39 is 11.4 Å². The Morgan fingerprint density at radius 3 is 2.80 bits per heavy atom. The van der Waals surface area contributed by atoms with Gasteiger partial charge in [-0.2, -0.15) is 0 Å². The summed E-state index contributed by atoms with van der Waals surface area (Å²) < 4.78 is 19.9. The number of anilines is 1. The Morgan fingerprint density at radius 2 is 2.25 bits per heavy atom. The van der Waals surface area contributed by atoms with Gasteiger partial charge in [0.15, 0.2) is 5.78 Å². The second-order valence-corrected chi connectivity index (χ2v) is 5.79. The van der Waals surface area contributed by atoms with Crippen molar-refractivity contribution >= 4 is 11.5 Å². The quantitative estimate of drug-likeness (QED) is 0.861. The van der Waals surface area contributed by atoms with E-state index in [9.17, 15) is 14.3 Å². The van der Waals surface area contributed by atoms with Crippen molar-refractivity contribution in [3.63, 3.8) is 0 Å². The van der Waals surface area contributed by atoms with Gasteiger partial charge in [-0.05, 0) is 39.0 Å². The molecule has 1 unspecified atom stereocenters. The SMILES string of the molecule is CC(=O)c1ccc(N2CC(CO)OC(C)(C)C2)c(F)c1. The van der Waals surface area contributed by atoms with Crippen molar-refractivity contribution in [1.82, 2.24) is 0 Å². The summed E-state index contributed by atoms with van der Waals surface area (Å²) in [6.07, 6.45) is -0.342. The Hall–Kier alpha value is -1.46. The maximum absolute atomic E-state index is 14.2. The molecule has 1 aromatic rings. The summed E-state index contributed by atoms with van der Waals surface area (Å²) >= 11 is 0. The van der Waals surface area contributed by atoms with Gasteiger partial charge in [0.25, 0.3) is 0 Å². The van der Waals surface area contributed by atoms with Crippen LogP contribution >= 0.6 is 0 Å². The lowest BCUT2D eigenvalue weighted by Gasteiger charge is -2.43. The number of halogens is 1. The Labute approximate surface area is 118 Å². The Bertz CT molecular complexity index is 516. The first-order chi connectivity index (χ1) is 9.32. The molecule has 1 N–H and O–H groups in total. The summed E-state index contributed by atoms with van der Waals surface area (Å²) in [5.41, 5.74) is 0.333. The van der Waals surface area contributed by atoms with Gasteiger partial charge in [-0.3, -0.25) is 4.79 Å². The van der Waals surface area contributed by atoms with Gasteiger partial charge >= 0.3 is 0 Å². The molecule has 1 saturated heterocycles. The predicted octanol–water partition coefficient (Wildman–Crippen LogP) is 2.00. The van der Waals surface area contributed by atoms with Gasteiger partial charge in [0.05, 0.1) is 24.0 Å². The zero-order chi connectivity index (χ0) is 14.9. The number of morpholine rings is 1. The largest absolute Gasteiger partial charge is 0.394 e. The van der Waals surface area contributed by atoms with Crippen molar-refractivity contribution in [1.29, 1.82) is 0 Å². The van der Waals surface area contributed by atoms with Crippen molar-refractivity contribution in [2.75, 3.05) is 24.6 Å². The molecule has 1 aliphatic heterocycles. The molecule has 4 nitrogen and oxygen atoms in total. The van der Waals surface area contributed by atoms with E-state index in [0.29, 0.717) is 24.3 Å². The number of ketones is 1. The maximum atomic E-state index is 14.2. The van der Waals surface area contributed by atoms with Crippen LogP contribution in [-0.4, -0.2) is 42.3 Å². The van der Waals surface area contributed by atoms with Gasteiger partial charge in [-0.1, -0.05) is 0 Å². The van der Waals surface area contributed by atoms with E-state index in [1.165, 1.54) is 13.0 Å². The molecule has 1 aliphatic rings. The standard InChI is InChI=1S/C15H20FNO3/c1-10(19)11-4-5-14(13(16)6-11)17-7-12(8-18)20-15(2,3)9-17/h4-6,12,18H,7-9H2,1-3H3. The van der Waals surface area contributed by atoms with Gasteiger partial charge in [-0.15, -0.1) is 0 Å². The maximum Gasteiger partial charge on any atom is 0.159 e. The first-order valence-electron chi connectivity index (χ1n) is 6.66. The lowest BCUT2D eigenvalue weighted by Crippen LogP contribution is -2.54. The minimum absolute atomic E-state index is 0.104. The Kier molecular flexibility index (Phi) is 4.11. The Balaban J connectivity index is 2.28. The molecule has 0 bridgehead atoms. The van der Waals surface area contributed by atoms with E-state index in [1.807, 2.05) is 18.7 Å². The van der Waals surface area contributed by atoms with Crippen LogP contribution in [-0.2, 0) is 4.74 Å². The highest BCUT2D eigenvalue weighted by Gasteiger charge is 2.34. The van der Waals surface area contributed by atoms with Gasteiger partial charge in [-0.25, -0.2) is 4.39 Å². The molecule has 1 fully saturated rings. The van der Waals surface area contributed by atoms with Crippen molar-refractivity contribution in [2.45, 2.75) is 32.5 Å². The third-order valence-corrected chi connectivity index (χ3v) is 3.38. The summed E-state index contributed by atoms with van der Waals surface area (Å²) in [7, 11) is 0. The van der Waals surface area contributed by atoms with Crippen LogP contribution in [0.15, 0.2) is 18.2 Å². The van der Waals surface area contributed by atoms with E-state index in [2.05, 4.69) is 0 Å². The third kappa shape index (κ3) is 3.16. The molecular weight excluding hydrogens is 261 g/mol. The van der Waals surface area contributed by atoms with Gasteiger partial charge in [0.2, 0.25) is 0 Å². The van der Waals surface area contributed by atoms with E-state index in [1.54, 1.807) is 12.1 Å². The molecule has 1 aromatic carbocycles. The number of aliphatic hydroxyl groups is 1. The fraction of sp³-hybridized carbons (Fsp3) is 0.533. The molecular formula is C15H20FNO3. The predicted molar refractivity (Wildman–Crippen MR) is 74.7 cm³/mol. The van der Waals surface area contributed by atoms with E-state index >= 15 is 0 Å². The number of hydrogen-bond acceptors (Lipinski definition) is 4. The summed E-state index contributed by atoms with van der Waals surface area (Å²) in [5, 5.41) is 9.28. The molecule has 1 atom stereocenters. The first-order valence-corrected chi connectivity index (χ1v) is 6.66. The number of benzene rings is 1. The summed E-state index contributed by atoms with van der Waals surface area (Å²) in [4.78, 5) is 13.1. The molecule has 2 rings (SSSR count). The minimum atomic E-state index is -0.461. The molecule has 0 amide bonds. The Morgan fingerprint density at radius 1 is 1.55 bits per heavy atom. The number of carbonyl (C=O) groups is 1. The first kappa shape index (κ1) is 14.9. The molecule has 0 aromatic heterocycles. The fourth-order valence-corrected chi connectivity index (χ4v) is 2.56. The van der Waals surface area contributed by atoms with Crippen LogP contribution in [0.25, 0.3) is 0 Å². The average Bonchev–Trinajstić information content (AvgIpc) is 2.36. The second kappa shape index (κ2) is 5.50. The molecule has 110 valence electrons. The number of ether oxygens (including phenoxy) is 1. The highest BCUT2D eigenvalue weighted by atomic mass is 19.1. The fourth-order valence-electron chi connectivity index (χ4n) is 2.56. The van der Waals surface area contributed by atoms with E-state index in [0.717, 1.165) is 0 Å². The van der Waals surface area contributed by atoms with Crippen LogP contribution in [0.3, 0.4) is 0 Å². The van der Waals surface area contributed by atoms with Crippen molar-refractivity contribution < 1.29 is 19.0 Å². The van der Waals surface area contributed by atoms with Gasteiger partial charge < -0.3 is 14.7 Å². The molecule has 20 heavy (non-hydrogen) atoms. The summed E-state index contributed by atoms with van der Waals surface area (Å²) in [6, 6.07) is 4.49. The number of carbonyl (C=O) groups excluding carboxylic acids is 1.